The number of anilines is 9. The molecule has 10 aromatic rings. The minimum atomic E-state index is 0.354. The second-order valence-electron chi connectivity index (χ2n) is 17.2. The number of rotatable bonds is 15. The van der Waals surface area contributed by atoms with Gasteiger partial charge in [0.2, 0.25) is 0 Å². The van der Waals surface area contributed by atoms with E-state index in [-0.39, 0.29) is 0 Å². The third-order valence-electron chi connectivity index (χ3n) is 12.8. The first-order chi connectivity index (χ1) is 34.2. The molecule has 1 aliphatic rings. The van der Waals surface area contributed by atoms with Crippen LogP contribution < -0.4 is 24.2 Å². The van der Waals surface area contributed by atoms with Crippen molar-refractivity contribution in [2.45, 2.75) is 25.7 Å². The zero-order valence-electron chi connectivity index (χ0n) is 38.5. The van der Waals surface area contributed by atoms with Gasteiger partial charge in [-0.2, -0.15) is 0 Å². The Balaban J connectivity index is 0.871. The number of benzene rings is 10. The molecule has 334 valence electrons. The van der Waals surface area contributed by atoms with E-state index in [1.807, 2.05) is 48.5 Å². The quantitative estimate of drug-likeness (QED) is 0.102. The highest BCUT2D eigenvalue weighted by molar-refractivity contribution is 5.85. The predicted octanol–water partition coefficient (Wildman–Crippen LogP) is 18.6. The minimum Gasteiger partial charge on any atom is -0.457 e. The van der Waals surface area contributed by atoms with Crippen LogP contribution in [0.1, 0.15) is 36.8 Å². The van der Waals surface area contributed by atoms with E-state index < -0.39 is 0 Å². The molecular formula is C64H51N3O2. The van der Waals surface area contributed by atoms with Crippen LogP contribution in [0.3, 0.4) is 0 Å². The summed E-state index contributed by atoms with van der Waals surface area (Å²) in [5.41, 5.74) is 15.1. The highest BCUT2D eigenvalue weighted by Gasteiger charge is 2.29. The summed E-state index contributed by atoms with van der Waals surface area (Å²) in [4.78, 5) is 6.82. The molecule has 0 radical (unpaired) electrons. The standard InChI is InChI=1S/C64H51N3O2/c1-2-17-60-61-26-15-16-27-62(61)63-45-36-55(46-64(60)63)67(53-32-41-58(42-33-53)68-56-37-28-51(29-38-56)65(47-18-7-3-8-19-47)48-20-9-4-10-21-48)54-34-43-59(44-35-54)69-57-39-30-52(31-40-57)66(49-22-11-5-12-23-49)50-24-13-6-14-25-50/h3-16,18-46,60H,2,17H2,1H3. The maximum absolute atomic E-state index is 6.49. The third kappa shape index (κ3) is 9.06. The van der Waals surface area contributed by atoms with Gasteiger partial charge in [-0.1, -0.05) is 116 Å². The van der Waals surface area contributed by atoms with Gasteiger partial charge in [-0.15, -0.1) is 0 Å². The summed E-state index contributed by atoms with van der Waals surface area (Å²) in [5, 5.41) is 0. The Morgan fingerprint density at radius 1 is 0.290 bits per heavy atom. The van der Waals surface area contributed by atoms with Gasteiger partial charge in [-0.25, -0.2) is 0 Å². The molecule has 0 aromatic heterocycles. The van der Waals surface area contributed by atoms with Gasteiger partial charge < -0.3 is 24.2 Å². The first kappa shape index (κ1) is 42.8. The van der Waals surface area contributed by atoms with Crippen molar-refractivity contribution in [1.82, 2.24) is 0 Å². The third-order valence-corrected chi connectivity index (χ3v) is 12.8. The Bertz CT molecular complexity index is 3000. The molecular weight excluding hydrogens is 843 g/mol. The van der Waals surface area contributed by atoms with E-state index in [1.54, 1.807) is 0 Å². The molecule has 10 aromatic carbocycles. The van der Waals surface area contributed by atoms with Crippen molar-refractivity contribution in [3.05, 3.63) is 272 Å². The molecule has 11 rings (SSSR count). The normalized spacial score (nSPS) is 12.4. The van der Waals surface area contributed by atoms with E-state index in [4.69, 9.17) is 9.47 Å². The maximum atomic E-state index is 6.49. The molecule has 1 atom stereocenters. The zero-order valence-corrected chi connectivity index (χ0v) is 38.5. The topological polar surface area (TPSA) is 28.2 Å². The first-order valence-corrected chi connectivity index (χ1v) is 23.8. The Hall–Kier alpha value is -8.80. The van der Waals surface area contributed by atoms with Crippen LogP contribution in [0.15, 0.2) is 261 Å². The summed E-state index contributed by atoms with van der Waals surface area (Å²) in [7, 11) is 0. The van der Waals surface area contributed by atoms with Crippen LogP contribution in [0, 0.1) is 0 Å². The molecule has 1 aliphatic carbocycles. The zero-order chi connectivity index (χ0) is 46.4. The summed E-state index contributed by atoms with van der Waals surface area (Å²) in [6, 6.07) is 90.9. The lowest BCUT2D eigenvalue weighted by Crippen LogP contribution is -2.10. The fourth-order valence-electron chi connectivity index (χ4n) is 9.61. The van der Waals surface area contributed by atoms with Gasteiger partial charge in [0.15, 0.2) is 0 Å². The Labute approximate surface area is 405 Å². The number of hydrogen-bond donors (Lipinski definition) is 0. The lowest BCUT2D eigenvalue weighted by Gasteiger charge is -2.27. The van der Waals surface area contributed by atoms with Gasteiger partial charge in [-0.05, 0) is 186 Å². The van der Waals surface area contributed by atoms with Crippen molar-refractivity contribution in [2.24, 2.45) is 0 Å². The average molecular weight is 894 g/mol. The SMILES string of the molecule is CCCC1c2ccccc2-c2ccc(N(c3ccc(Oc4ccc(N(c5ccccc5)c5ccccc5)cc4)cc3)c3ccc(Oc4ccc(N(c5ccccc5)c5ccccc5)cc4)cc3)cc21. The van der Waals surface area contributed by atoms with E-state index in [9.17, 15) is 0 Å². The van der Waals surface area contributed by atoms with Crippen LogP contribution in [-0.4, -0.2) is 0 Å². The highest BCUT2D eigenvalue weighted by Crippen LogP contribution is 2.49. The maximum Gasteiger partial charge on any atom is 0.127 e. The predicted molar refractivity (Wildman–Crippen MR) is 286 cm³/mol. The summed E-state index contributed by atoms with van der Waals surface area (Å²) in [6.07, 6.45) is 2.21. The molecule has 1 unspecified atom stereocenters. The molecule has 0 saturated carbocycles. The van der Waals surface area contributed by atoms with E-state index in [2.05, 4.69) is 234 Å². The average Bonchev–Trinajstić information content (AvgIpc) is 3.72. The van der Waals surface area contributed by atoms with E-state index >= 15 is 0 Å². The largest absolute Gasteiger partial charge is 0.457 e. The lowest BCUT2D eigenvalue weighted by atomic mass is 9.92. The van der Waals surface area contributed by atoms with Crippen molar-refractivity contribution in [2.75, 3.05) is 14.7 Å². The van der Waals surface area contributed by atoms with Crippen LogP contribution in [-0.2, 0) is 0 Å². The van der Waals surface area contributed by atoms with Crippen molar-refractivity contribution >= 4 is 51.2 Å². The van der Waals surface area contributed by atoms with Crippen LogP contribution in [0.2, 0.25) is 0 Å². The fourth-order valence-corrected chi connectivity index (χ4v) is 9.61. The number of nitrogens with zero attached hydrogens (tertiary/aromatic N) is 3. The van der Waals surface area contributed by atoms with Crippen LogP contribution >= 0.6 is 0 Å². The van der Waals surface area contributed by atoms with Crippen molar-refractivity contribution in [1.29, 1.82) is 0 Å². The van der Waals surface area contributed by atoms with Gasteiger partial charge in [0, 0.05) is 57.1 Å². The summed E-state index contributed by atoms with van der Waals surface area (Å²) >= 11 is 0. The Morgan fingerprint density at radius 2 is 0.580 bits per heavy atom. The molecule has 5 heteroatoms. The van der Waals surface area contributed by atoms with Gasteiger partial charge in [0.05, 0.1) is 0 Å². The molecule has 0 spiro atoms. The molecule has 69 heavy (non-hydrogen) atoms. The van der Waals surface area contributed by atoms with E-state index in [1.165, 1.54) is 22.3 Å². The van der Waals surface area contributed by atoms with Gasteiger partial charge >= 0.3 is 0 Å². The summed E-state index contributed by atoms with van der Waals surface area (Å²) in [5.74, 6) is 3.39. The molecule has 5 nitrogen and oxygen atoms in total. The molecule has 0 fully saturated rings. The van der Waals surface area contributed by atoms with Crippen molar-refractivity contribution in [3.8, 4) is 34.1 Å². The fraction of sp³-hybridized carbons (Fsp3) is 0.0625. The minimum absolute atomic E-state index is 0.354. The second-order valence-corrected chi connectivity index (χ2v) is 17.2. The number of ether oxygens (including phenoxy) is 2. The summed E-state index contributed by atoms with van der Waals surface area (Å²) < 4.78 is 13.0. The molecule has 0 saturated heterocycles. The number of hydrogen-bond acceptors (Lipinski definition) is 5. The number of para-hydroxylation sites is 4. The van der Waals surface area contributed by atoms with Crippen LogP contribution in [0.5, 0.6) is 23.0 Å². The molecule has 0 heterocycles. The highest BCUT2D eigenvalue weighted by atomic mass is 16.5. The van der Waals surface area contributed by atoms with Crippen LogP contribution in [0.25, 0.3) is 11.1 Å². The van der Waals surface area contributed by atoms with Gasteiger partial charge in [0.25, 0.3) is 0 Å². The molecule has 0 aliphatic heterocycles. The number of fused-ring (bicyclic) bond motifs is 3. The monoisotopic (exact) mass is 893 g/mol. The Kier molecular flexibility index (Phi) is 12.1. The lowest BCUT2D eigenvalue weighted by molar-refractivity contribution is 0.482. The van der Waals surface area contributed by atoms with Crippen LogP contribution in [0.4, 0.5) is 51.2 Å². The van der Waals surface area contributed by atoms with Crippen molar-refractivity contribution in [3.63, 3.8) is 0 Å². The first-order valence-electron chi connectivity index (χ1n) is 23.8. The molecule has 0 amide bonds. The van der Waals surface area contributed by atoms with Crippen molar-refractivity contribution < 1.29 is 9.47 Å². The van der Waals surface area contributed by atoms with Gasteiger partial charge in [0.1, 0.15) is 23.0 Å². The van der Waals surface area contributed by atoms with E-state index in [0.29, 0.717) is 5.92 Å². The molecule has 0 bridgehead atoms. The van der Waals surface area contributed by atoms with Gasteiger partial charge in [-0.3, -0.25) is 0 Å². The second kappa shape index (κ2) is 19.6. The van der Waals surface area contributed by atoms with E-state index in [0.717, 1.165) is 87.0 Å². The smallest absolute Gasteiger partial charge is 0.127 e. The molecule has 0 N–H and O–H groups in total. The Morgan fingerprint density at radius 3 is 0.942 bits per heavy atom. The summed E-state index contributed by atoms with van der Waals surface area (Å²) in [6.45, 7) is 2.28.